The van der Waals surface area contributed by atoms with Gasteiger partial charge in [0.05, 0.1) is 11.2 Å². The van der Waals surface area contributed by atoms with Crippen molar-refractivity contribution in [3.8, 4) is 0 Å². The number of thiazole rings is 1. The lowest BCUT2D eigenvalue weighted by atomic mass is 9.78. The monoisotopic (exact) mass is 264 g/mol. The van der Waals surface area contributed by atoms with Crippen molar-refractivity contribution in [3.05, 3.63) is 15.6 Å². The van der Waals surface area contributed by atoms with Crippen LogP contribution in [0.5, 0.6) is 0 Å². The van der Waals surface area contributed by atoms with Crippen molar-refractivity contribution >= 4 is 11.3 Å². The van der Waals surface area contributed by atoms with Crippen molar-refractivity contribution in [1.29, 1.82) is 0 Å². The molecule has 1 aromatic heterocycles. The number of aromatic nitrogens is 1. The molecule has 0 bridgehead atoms. The third kappa shape index (κ3) is 2.01. The molecule has 100 valence electrons. The molecule has 3 heteroatoms. The topological polar surface area (TPSA) is 38.9 Å². The molecular formula is C15H24N2S. The van der Waals surface area contributed by atoms with Crippen LogP contribution in [-0.4, -0.2) is 4.98 Å². The highest BCUT2D eigenvalue weighted by atomic mass is 32.1. The van der Waals surface area contributed by atoms with Gasteiger partial charge < -0.3 is 5.73 Å². The maximum Gasteiger partial charge on any atom is 0.113 e. The molecule has 2 aliphatic carbocycles. The Morgan fingerprint density at radius 2 is 1.78 bits per heavy atom. The zero-order valence-corrected chi connectivity index (χ0v) is 12.4. The van der Waals surface area contributed by atoms with E-state index in [1.54, 1.807) is 0 Å². The summed E-state index contributed by atoms with van der Waals surface area (Å²) in [6.07, 6.45) is 9.91. The molecule has 1 saturated carbocycles. The fourth-order valence-corrected chi connectivity index (χ4v) is 4.91. The number of nitrogens with zero attached hydrogens (tertiary/aromatic N) is 1. The molecule has 0 spiro atoms. The highest BCUT2D eigenvalue weighted by Crippen LogP contribution is 2.43. The molecule has 1 aromatic rings. The summed E-state index contributed by atoms with van der Waals surface area (Å²) in [5.74, 6) is 0. The van der Waals surface area contributed by atoms with E-state index in [9.17, 15) is 0 Å². The Morgan fingerprint density at radius 3 is 2.44 bits per heavy atom. The van der Waals surface area contributed by atoms with Crippen molar-refractivity contribution in [3.63, 3.8) is 0 Å². The van der Waals surface area contributed by atoms with Gasteiger partial charge in [-0.3, -0.25) is 0 Å². The van der Waals surface area contributed by atoms with Crippen LogP contribution in [0.1, 0.15) is 74.4 Å². The molecule has 2 N–H and O–H groups in total. The molecule has 0 saturated heterocycles. The van der Waals surface area contributed by atoms with Crippen molar-refractivity contribution in [2.24, 2.45) is 5.73 Å². The first kappa shape index (κ1) is 12.6. The zero-order chi connectivity index (χ0) is 12.8. The summed E-state index contributed by atoms with van der Waals surface area (Å²) in [6, 6.07) is 0. The van der Waals surface area contributed by atoms with Gasteiger partial charge in [0.2, 0.25) is 0 Å². The minimum absolute atomic E-state index is 0.115. The summed E-state index contributed by atoms with van der Waals surface area (Å²) in [5.41, 5.74) is 8.12. The van der Waals surface area contributed by atoms with Gasteiger partial charge in [-0.1, -0.05) is 33.1 Å². The Balaban J connectivity index is 1.97. The summed E-state index contributed by atoms with van der Waals surface area (Å²) in [7, 11) is 0. The minimum atomic E-state index is -0.115. The van der Waals surface area contributed by atoms with Crippen LogP contribution in [0.4, 0.5) is 0 Å². The van der Waals surface area contributed by atoms with E-state index in [0.717, 1.165) is 12.8 Å². The number of hydrogen-bond donors (Lipinski definition) is 1. The van der Waals surface area contributed by atoms with Crippen LogP contribution in [0.25, 0.3) is 0 Å². The molecule has 0 unspecified atom stereocenters. The highest BCUT2D eigenvalue weighted by Gasteiger charge is 2.37. The van der Waals surface area contributed by atoms with Gasteiger partial charge in [-0.15, -0.1) is 11.3 Å². The maximum atomic E-state index is 6.63. The summed E-state index contributed by atoms with van der Waals surface area (Å²) >= 11 is 1.91. The van der Waals surface area contributed by atoms with E-state index in [2.05, 4.69) is 13.8 Å². The Hall–Kier alpha value is -0.410. The Kier molecular flexibility index (Phi) is 3.02. The van der Waals surface area contributed by atoms with Gasteiger partial charge in [0.25, 0.3) is 0 Å². The first-order valence-electron chi connectivity index (χ1n) is 7.31. The lowest BCUT2D eigenvalue weighted by Gasteiger charge is -2.31. The summed E-state index contributed by atoms with van der Waals surface area (Å²) in [5, 5.41) is 1.22. The van der Waals surface area contributed by atoms with Crippen molar-refractivity contribution < 1.29 is 0 Å². The Labute approximate surface area is 114 Å². The average molecular weight is 264 g/mol. The average Bonchev–Trinajstić information content (AvgIpc) is 2.76. The summed E-state index contributed by atoms with van der Waals surface area (Å²) in [6.45, 7) is 4.66. The molecule has 0 aromatic carbocycles. The Morgan fingerprint density at radius 1 is 1.06 bits per heavy atom. The van der Waals surface area contributed by atoms with E-state index in [0.29, 0.717) is 0 Å². The predicted molar refractivity (Wildman–Crippen MR) is 77.0 cm³/mol. The quantitative estimate of drug-likeness (QED) is 0.836. The van der Waals surface area contributed by atoms with Gasteiger partial charge >= 0.3 is 0 Å². The molecule has 0 atom stereocenters. The molecule has 2 aliphatic rings. The fourth-order valence-electron chi connectivity index (χ4n) is 3.47. The Bertz CT molecular complexity index is 441. The van der Waals surface area contributed by atoms with Gasteiger partial charge in [0.1, 0.15) is 5.01 Å². The van der Waals surface area contributed by atoms with Gasteiger partial charge in [-0.25, -0.2) is 4.98 Å². The molecule has 0 aliphatic heterocycles. The number of nitrogens with two attached hydrogens (primary N) is 1. The van der Waals surface area contributed by atoms with E-state index < -0.39 is 0 Å². The summed E-state index contributed by atoms with van der Waals surface area (Å²) < 4.78 is 0. The van der Waals surface area contributed by atoms with Crippen LogP contribution in [0.15, 0.2) is 0 Å². The van der Waals surface area contributed by atoms with E-state index in [1.807, 2.05) is 11.3 Å². The van der Waals surface area contributed by atoms with E-state index >= 15 is 0 Å². The van der Waals surface area contributed by atoms with Crippen LogP contribution in [0, 0.1) is 0 Å². The molecule has 0 radical (unpaired) electrons. The molecule has 1 fully saturated rings. The van der Waals surface area contributed by atoms with Crippen molar-refractivity contribution in [1.82, 2.24) is 4.98 Å². The SMILES string of the molecule is CC1(C)CCCc2sc(C3(N)CCCCC3)nc21. The smallest absolute Gasteiger partial charge is 0.113 e. The highest BCUT2D eigenvalue weighted by molar-refractivity contribution is 7.12. The van der Waals surface area contributed by atoms with Crippen LogP contribution in [-0.2, 0) is 17.4 Å². The van der Waals surface area contributed by atoms with Gasteiger partial charge in [-0.2, -0.15) is 0 Å². The van der Waals surface area contributed by atoms with Gasteiger partial charge in [-0.05, 0) is 32.1 Å². The number of hydrogen-bond acceptors (Lipinski definition) is 3. The molecule has 3 rings (SSSR count). The molecule has 1 heterocycles. The lowest BCUT2D eigenvalue weighted by molar-refractivity contribution is 0.299. The molecule has 18 heavy (non-hydrogen) atoms. The predicted octanol–water partition coefficient (Wildman–Crippen LogP) is 3.88. The molecule has 0 amide bonds. The van der Waals surface area contributed by atoms with Gasteiger partial charge in [0.15, 0.2) is 0 Å². The molecule has 2 nitrogen and oxygen atoms in total. The van der Waals surface area contributed by atoms with Crippen molar-refractivity contribution in [2.75, 3.05) is 0 Å². The maximum absolute atomic E-state index is 6.63. The van der Waals surface area contributed by atoms with Crippen molar-refractivity contribution in [2.45, 2.75) is 76.2 Å². The standard InChI is InChI=1S/C15H24N2S/c1-14(2)8-6-7-11-12(14)17-13(18-11)15(16)9-4-3-5-10-15/h3-10,16H2,1-2H3. The third-order valence-corrected chi connectivity index (χ3v) is 6.05. The second-order valence-electron chi connectivity index (χ2n) is 6.75. The number of fused-ring (bicyclic) bond motifs is 1. The van der Waals surface area contributed by atoms with E-state index in [1.165, 1.54) is 54.1 Å². The first-order valence-corrected chi connectivity index (χ1v) is 8.12. The largest absolute Gasteiger partial charge is 0.319 e. The third-order valence-electron chi connectivity index (χ3n) is 4.72. The number of rotatable bonds is 1. The number of aryl methyl sites for hydroxylation is 1. The lowest BCUT2D eigenvalue weighted by Crippen LogP contribution is -2.38. The first-order chi connectivity index (χ1) is 8.51. The zero-order valence-electron chi connectivity index (χ0n) is 11.6. The minimum Gasteiger partial charge on any atom is -0.319 e. The second kappa shape index (κ2) is 4.31. The van der Waals surface area contributed by atoms with Crippen LogP contribution in [0.3, 0.4) is 0 Å². The normalized spacial score (nSPS) is 25.7. The van der Waals surface area contributed by atoms with Crippen LogP contribution < -0.4 is 5.73 Å². The summed E-state index contributed by atoms with van der Waals surface area (Å²) in [4.78, 5) is 6.50. The van der Waals surface area contributed by atoms with E-state index in [-0.39, 0.29) is 11.0 Å². The van der Waals surface area contributed by atoms with Gasteiger partial charge in [0, 0.05) is 10.3 Å². The van der Waals surface area contributed by atoms with Crippen LogP contribution >= 0.6 is 11.3 Å². The fraction of sp³-hybridized carbons (Fsp3) is 0.800. The van der Waals surface area contributed by atoms with Crippen LogP contribution in [0.2, 0.25) is 0 Å². The van der Waals surface area contributed by atoms with E-state index in [4.69, 9.17) is 10.7 Å². The molecular weight excluding hydrogens is 240 g/mol. The second-order valence-corrected chi connectivity index (χ2v) is 7.83.